The van der Waals surface area contributed by atoms with Gasteiger partial charge in [-0.05, 0) is 56.1 Å². The molecule has 8 heteroatoms. The molecule has 0 spiro atoms. The van der Waals surface area contributed by atoms with Gasteiger partial charge >= 0.3 is 0 Å². The molecule has 9 atom stereocenters. The second kappa shape index (κ2) is 9.87. The fourth-order valence-corrected chi connectivity index (χ4v) is 10.9. The van der Waals surface area contributed by atoms with Gasteiger partial charge in [0, 0.05) is 27.5 Å². The molecule has 0 amide bonds. The number of thiazole rings is 1. The van der Waals surface area contributed by atoms with Crippen LogP contribution in [0, 0.1) is 28.6 Å². The summed E-state index contributed by atoms with van der Waals surface area (Å²) in [5, 5.41) is 14.0. The van der Waals surface area contributed by atoms with E-state index in [0.717, 1.165) is 47.7 Å². The van der Waals surface area contributed by atoms with Gasteiger partial charge in [0.15, 0.2) is 27.8 Å². The van der Waals surface area contributed by atoms with Gasteiger partial charge in [-0.25, -0.2) is 4.98 Å². The number of allylic oxidation sites excluding steroid dienone is 4. The number of nitrogens with zero attached hydrogens (tertiary/aromatic N) is 1. The number of thioether (sulfide) groups is 1. The van der Waals surface area contributed by atoms with Crippen LogP contribution in [0.1, 0.15) is 85.8 Å². The predicted octanol–water partition coefficient (Wildman–Crippen LogP) is 6.27. The van der Waals surface area contributed by atoms with Crippen LogP contribution in [0.3, 0.4) is 0 Å². The Hall–Kier alpha value is -1.32. The highest BCUT2D eigenvalue weighted by atomic mass is 32.2. The third-order valence-electron chi connectivity index (χ3n) is 10.8. The van der Waals surface area contributed by atoms with Crippen LogP contribution in [0.25, 0.3) is 0 Å². The minimum absolute atomic E-state index is 0.00727. The minimum atomic E-state index is -1.07. The molecule has 1 aromatic rings. The van der Waals surface area contributed by atoms with Crippen molar-refractivity contribution in [1.82, 2.24) is 4.98 Å². The van der Waals surface area contributed by atoms with Gasteiger partial charge in [-0.3, -0.25) is 9.59 Å². The Labute approximate surface area is 246 Å². The summed E-state index contributed by atoms with van der Waals surface area (Å²) in [6, 6.07) is 0. The van der Waals surface area contributed by atoms with Crippen LogP contribution in [-0.2, 0) is 24.5 Å². The SMILES string of the molecule is CCC[C@@H]1O[C@@H]2CC3C4CCC5=CC(=O)C=CC5(C)C4[C@@H](O)CC3(C)[C@]2(C(=O)CSc2nc(C(C)(C)C)cs2)O1. The molecule has 1 saturated heterocycles. The number of carbonyl (C=O) groups is 2. The van der Waals surface area contributed by atoms with Gasteiger partial charge < -0.3 is 14.6 Å². The summed E-state index contributed by atoms with van der Waals surface area (Å²) in [5.74, 6) is 0.804. The number of rotatable bonds is 6. The lowest BCUT2D eigenvalue weighted by Crippen LogP contribution is -2.63. The van der Waals surface area contributed by atoms with Gasteiger partial charge in [0.05, 0.1) is 23.7 Å². The second-order valence-electron chi connectivity index (χ2n) is 14.1. The molecule has 1 aromatic heterocycles. The van der Waals surface area contributed by atoms with Gasteiger partial charge in [0.25, 0.3) is 0 Å². The zero-order chi connectivity index (χ0) is 28.7. The number of hydrogen-bond acceptors (Lipinski definition) is 8. The largest absolute Gasteiger partial charge is 0.393 e. The zero-order valence-electron chi connectivity index (χ0n) is 24.6. The highest BCUT2D eigenvalue weighted by Crippen LogP contribution is 2.69. The Morgan fingerprint density at radius 1 is 1.30 bits per heavy atom. The molecule has 0 bridgehead atoms. The Balaban J connectivity index is 1.32. The van der Waals surface area contributed by atoms with E-state index in [9.17, 15) is 14.7 Å². The number of aliphatic hydroxyl groups is 1. The average Bonchev–Trinajstić information content (AvgIpc) is 3.56. The molecule has 2 heterocycles. The summed E-state index contributed by atoms with van der Waals surface area (Å²) >= 11 is 3.09. The summed E-state index contributed by atoms with van der Waals surface area (Å²) < 4.78 is 14.2. The molecule has 218 valence electrons. The monoisotopic (exact) mass is 585 g/mol. The molecule has 4 aliphatic carbocycles. The Kier molecular flexibility index (Phi) is 7.10. The molecule has 6 nitrogen and oxygen atoms in total. The third kappa shape index (κ3) is 4.18. The molecule has 1 aliphatic heterocycles. The first kappa shape index (κ1) is 28.8. The Bertz CT molecular complexity index is 1260. The highest BCUT2D eigenvalue weighted by Gasteiger charge is 2.75. The summed E-state index contributed by atoms with van der Waals surface area (Å²) in [4.78, 5) is 31.4. The standard InChI is InChI=1S/C32H43NO5S2/c1-7-8-26-37-25-14-21-20-10-9-18-13-19(34)11-12-30(18,5)27(20)22(35)15-31(21,6)32(25,38-26)24(36)17-40-28-33-23(16-39-28)29(2,3)4/h11-13,16,20-22,25-27,35H,7-10,14-15,17H2,1-6H3/t20?,21?,22-,25+,26+,27?,30?,31?,32+/m0/s1. The van der Waals surface area contributed by atoms with Gasteiger partial charge in [0.2, 0.25) is 0 Å². The van der Waals surface area contributed by atoms with Gasteiger partial charge in [-0.2, -0.15) is 0 Å². The van der Waals surface area contributed by atoms with E-state index in [2.05, 4.69) is 46.9 Å². The maximum Gasteiger partial charge on any atom is 0.178 e. The number of hydrogen-bond donors (Lipinski definition) is 1. The Morgan fingerprint density at radius 2 is 2.08 bits per heavy atom. The lowest BCUT2D eigenvalue weighted by molar-refractivity contribution is -0.197. The highest BCUT2D eigenvalue weighted by molar-refractivity contribution is 8.01. The summed E-state index contributed by atoms with van der Waals surface area (Å²) in [6.45, 7) is 12.9. The number of ketones is 2. The number of aliphatic hydroxyl groups excluding tert-OH is 1. The summed E-state index contributed by atoms with van der Waals surface area (Å²) in [7, 11) is 0. The molecule has 40 heavy (non-hydrogen) atoms. The van der Waals surface area contributed by atoms with E-state index in [-0.39, 0.29) is 52.0 Å². The van der Waals surface area contributed by atoms with E-state index < -0.39 is 23.4 Å². The van der Waals surface area contributed by atoms with Crippen LogP contribution in [-0.4, -0.2) is 51.5 Å². The van der Waals surface area contributed by atoms with Crippen molar-refractivity contribution in [1.29, 1.82) is 0 Å². The number of carbonyl (C=O) groups excluding carboxylic acids is 2. The van der Waals surface area contributed by atoms with Crippen molar-refractivity contribution in [2.75, 3.05) is 5.75 Å². The molecule has 0 aromatic carbocycles. The normalized spacial score (nSPS) is 42.2. The zero-order valence-corrected chi connectivity index (χ0v) is 26.2. The van der Waals surface area contributed by atoms with Gasteiger partial charge in [0.1, 0.15) is 0 Å². The van der Waals surface area contributed by atoms with E-state index >= 15 is 0 Å². The van der Waals surface area contributed by atoms with Crippen LogP contribution in [0.5, 0.6) is 0 Å². The van der Waals surface area contributed by atoms with Crippen LogP contribution < -0.4 is 0 Å². The topological polar surface area (TPSA) is 85.7 Å². The minimum Gasteiger partial charge on any atom is -0.393 e. The molecule has 5 unspecified atom stereocenters. The number of aromatic nitrogens is 1. The fourth-order valence-electron chi connectivity index (χ4n) is 8.91. The predicted molar refractivity (Wildman–Crippen MR) is 157 cm³/mol. The molecule has 0 radical (unpaired) electrons. The van der Waals surface area contributed by atoms with Crippen LogP contribution in [0.2, 0.25) is 0 Å². The van der Waals surface area contributed by atoms with Crippen molar-refractivity contribution in [3.05, 3.63) is 34.9 Å². The first-order valence-electron chi connectivity index (χ1n) is 14.9. The number of fused-ring (bicyclic) bond motifs is 7. The van der Waals surface area contributed by atoms with Crippen molar-refractivity contribution < 1.29 is 24.2 Å². The van der Waals surface area contributed by atoms with Crippen molar-refractivity contribution in [3.8, 4) is 0 Å². The lowest BCUT2D eigenvalue weighted by Gasteiger charge is -2.59. The number of ether oxygens (including phenoxy) is 2. The van der Waals surface area contributed by atoms with Crippen molar-refractivity contribution >= 4 is 34.7 Å². The molecule has 6 rings (SSSR count). The molecular weight excluding hydrogens is 542 g/mol. The molecule has 1 N–H and O–H groups in total. The molecule has 4 fully saturated rings. The van der Waals surface area contributed by atoms with Crippen molar-refractivity contribution in [2.24, 2.45) is 28.6 Å². The lowest BCUT2D eigenvalue weighted by atomic mass is 9.46. The van der Waals surface area contributed by atoms with E-state index in [4.69, 9.17) is 14.5 Å². The molecular formula is C32H43NO5S2. The van der Waals surface area contributed by atoms with E-state index in [1.807, 2.05) is 6.08 Å². The second-order valence-corrected chi connectivity index (χ2v) is 16.2. The van der Waals surface area contributed by atoms with Gasteiger partial charge in [-0.15, -0.1) is 11.3 Å². The molecule has 3 saturated carbocycles. The quantitative estimate of drug-likeness (QED) is 0.394. The van der Waals surface area contributed by atoms with E-state index in [0.29, 0.717) is 6.42 Å². The Morgan fingerprint density at radius 3 is 2.77 bits per heavy atom. The van der Waals surface area contributed by atoms with Crippen LogP contribution in [0.4, 0.5) is 0 Å². The molecule has 5 aliphatic rings. The van der Waals surface area contributed by atoms with Crippen molar-refractivity contribution in [2.45, 2.75) is 114 Å². The maximum absolute atomic E-state index is 14.4. The van der Waals surface area contributed by atoms with E-state index in [1.165, 1.54) is 11.8 Å². The van der Waals surface area contributed by atoms with E-state index in [1.54, 1.807) is 23.5 Å². The van der Waals surface area contributed by atoms with Crippen molar-refractivity contribution in [3.63, 3.8) is 0 Å². The van der Waals surface area contributed by atoms with Crippen LogP contribution >= 0.6 is 23.1 Å². The smallest absolute Gasteiger partial charge is 0.178 e. The van der Waals surface area contributed by atoms with Gasteiger partial charge in [-0.1, -0.05) is 71.4 Å². The first-order valence-corrected chi connectivity index (χ1v) is 16.8. The number of Topliss-reactive ketones (excluding diaryl/α,β-unsaturated/α-hetero) is 1. The third-order valence-corrected chi connectivity index (χ3v) is 12.8. The maximum atomic E-state index is 14.4. The summed E-state index contributed by atoms with van der Waals surface area (Å²) in [5.41, 5.74) is 0.188. The summed E-state index contributed by atoms with van der Waals surface area (Å²) in [6.07, 6.45) is 8.85. The first-order chi connectivity index (χ1) is 18.8. The average molecular weight is 586 g/mol. The fraction of sp³-hybridized carbons (Fsp3) is 0.719. The van der Waals surface area contributed by atoms with Crippen LogP contribution in [0.15, 0.2) is 33.5 Å².